The first-order valence-electron chi connectivity index (χ1n) is 20.7. The van der Waals surface area contributed by atoms with Crippen molar-refractivity contribution in [3.8, 4) is 0 Å². The summed E-state index contributed by atoms with van der Waals surface area (Å²) in [5.74, 6) is -4.47. The van der Waals surface area contributed by atoms with E-state index in [4.69, 9.17) is 18.9 Å². The Morgan fingerprint density at radius 2 is 1.28 bits per heavy atom. The van der Waals surface area contributed by atoms with Gasteiger partial charge in [0.15, 0.2) is 30.6 Å². The number of hydrogen-bond donors (Lipinski definition) is 8. The van der Waals surface area contributed by atoms with Crippen LogP contribution in [0.2, 0.25) is 0 Å². The van der Waals surface area contributed by atoms with E-state index in [-0.39, 0.29) is 34.4 Å². The van der Waals surface area contributed by atoms with Gasteiger partial charge >= 0.3 is 17.9 Å². The average Bonchev–Trinajstić information content (AvgIpc) is 3.13. The first-order chi connectivity index (χ1) is 26.8. The zero-order valence-electron chi connectivity index (χ0n) is 34.4. The zero-order chi connectivity index (χ0) is 42.9. The number of carboxylic acids is 3. The molecular formula is C42H62O16. The number of carbonyl (C=O) groups is 4. The van der Waals surface area contributed by atoms with Crippen LogP contribution >= 0.6 is 0 Å². The lowest BCUT2D eigenvalue weighted by Gasteiger charge is -2.70. The summed E-state index contributed by atoms with van der Waals surface area (Å²) in [5, 5.41) is 83.0. The van der Waals surface area contributed by atoms with Gasteiger partial charge < -0.3 is 59.8 Å². The molecule has 0 aromatic carbocycles. The van der Waals surface area contributed by atoms with Crippen LogP contribution in [0.25, 0.3) is 0 Å². The lowest BCUT2D eigenvalue weighted by atomic mass is 9.33. The summed E-state index contributed by atoms with van der Waals surface area (Å²) in [6.45, 7) is 14.8. The maximum atomic E-state index is 14.8. The molecule has 2 saturated heterocycles. The third-order valence-electron chi connectivity index (χ3n) is 17.2. The molecule has 0 aromatic rings. The highest BCUT2D eigenvalue weighted by atomic mass is 16.8. The van der Waals surface area contributed by atoms with E-state index in [1.54, 1.807) is 0 Å². The zero-order valence-corrected chi connectivity index (χ0v) is 34.4. The van der Waals surface area contributed by atoms with Crippen LogP contribution in [0, 0.1) is 50.2 Å². The van der Waals surface area contributed by atoms with Crippen LogP contribution in [-0.4, -0.2) is 132 Å². The second-order valence-corrected chi connectivity index (χ2v) is 20.6. The molecule has 8 N–H and O–H groups in total. The van der Waals surface area contributed by atoms with Crippen LogP contribution < -0.4 is 0 Å². The van der Waals surface area contributed by atoms with Crippen molar-refractivity contribution in [1.82, 2.24) is 0 Å². The number of fused-ring (bicyclic) bond motifs is 7. The molecular weight excluding hydrogens is 760 g/mol. The quantitative estimate of drug-likeness (QED) is 0.171. The number of aliphatic hydroxyl groups is 5. The molecule has 1 unspecified atom stereocenters. The molecule has 2 heterocycles. The molecule has 19 atom stereocenters. The second kappa shape index (κ2) is 14.3. The molecule has 16 nitrogen and oxygen atoms in total. The first kappa shape index (κ1) is 43.5. The molecule has 6 fully saturated rings. The molecule has 7 rings (SSSR count). The molecule has 0 aromatic heterocycles. The first-order valence-corrected chi connectivity index (χ1v) is 20.7. The van der Waals surface area contributed by atoms with Crippen molar-refractivity contribution in [2.75, 3.05) is 0 Å². The van der Waals surface area contributed by atoms with Crippen molar-refractivity contribution in [1.29, 1.82) is 0 Å². The Morgan fingerprint density at radius 1 is 0.690 bits per heavy atom. The molecule has 4 saturated carbocycles. The average molecular weight is 823 g/mol. The van der Waals surface area contributed by atoms with Gasteiger partial charge in [-0.2, -0.15) is 0 Å². The number of carboxylic acid groups (broad SMARTS) is 3. The Bertz CT molecular complexity index is 1730. The van der Waals surface area contributed by atoms with Crippen LogP contribution in [0.5, 0.6) is 0 Å². The van der Waals surface area contributed by atoms with Gasteiger partial charge in [0.1, 0.15) is 36.6 Å². The van der Waals surface area contributed by atoms with Gasteiger partial charge in [-0.15, -0.1) is 0 Å². The van der Waals surface area contributed by atoms with Crippen molar-refractivity contribution in [2.45, 2.75) is 174 Å². The SMILES string of the molecule is CC1(C)[C@@H](O[C@H]2O[C@H](C(=O)O)[C@@H](O)[C@H](O)[C@H]2OC2O[C@H](C(=O)O)[C@@H](O)[C@H](O)[C@H]2O)CC[C@]2(C)[C@H]3C(=O)C=C4[C@@H]5C[C@@](C)(C(=O)O)CC[C@]5(C)CC[C@@]4(C)[C@]3(C)CC[C@@H]12. The van der Waals surface area contributed by atoms with Gasteiger partial charge in [-0.1, -0.05) is 47.1 Å². The minimum atomic E-state index is -2.05. The van der Waals surface area contributed by atoms with E-state index in [1.807, 2.05) is 26.8 Å². The minimum Gasteiger partial charge on any atom is -0.481 e. The fraction of sp³-hybridized carbons (Fsp3) is 0.857. The number of allylic oxidation sites excluding steroid dienone is 2. The second-order valence-electron chi connectivity index (χ2n) is 20.6. The van der Waals surface area contributed by atoms with Crippen molar-refractivity contribution in [3.63, 3.8) is 0 Å². The summed E-state index contributed by atoms with van der Waals surface area (Å²) < 4.78 is 23.4. The van der Waals surface area contributed by atoms with E-state index in [9.17, 15) is 60.0 Å². The minimum absolute atomic E-state index is 0.0217. The fourth-order valence-corrected chi connectivity index (χ4v) is 13.4. The molecule has 0 amide bonds. The van der Waals surface area contributed by atoms with Gasteiger partial charge in [0.25, 0.3) is 0 Å². The summed E-state index contributed by atoms with van der Waals surface area (Å²) in [7, 11) is 0. The summed E-state index contributed by atoms with van der Waals surface area (Å²) in [6, 6.07) is 0. The monoisotopic (exact) mass is 822 g/mol. The number of rotatable bonds is 7. The molecule has 0 radical (unpaired) electrons. The number of hydrogen-bond acceptors (Lipinski definition) is 13. The predicted octanol–water partition coefficient (Wildman–Crippen LogP) is 2.25. The lowest BCUT2D eigenvalue weighted by molar-refractivity contribution is -0.371. The fourth-order valence-electron chi connectivity index (χ4n) is 13.4. The van der Waals surface area contributed by atoms with E-state index < -0.39 is 107 Å². The molecule has 326 valence electrons. The molecule has 58 heavy (non-hydrogen) atoms. The summed E-state index contributed by atoms with van der Waals surface area (Å²) >= 11 is 0. The maximum absolute atomic E-state index is 14.8. The van der Waals surface area contributed by atoms with Gasteiger partial charge in [-0.25, -0.2) is 9.59 Å². The van der Waals surface area contributed by atoms with Gasteiger partial charge in [0, 0.05) is 5.92 Å². The van der Waals surface area contributed by atoms with Crippen molar-refractivity contribution in [2.24, 2.45) is 50.2 Å². The Morgan fingerprint density at radius 3 is 1.88 bits per heavy atom. The topological polar surface area (TPSA) is 267 Å². The van der Waals surface area contributed by atoms with Crippen molar-refractivity contribution in [3.05, 3.63) is 11.6 Å². The smallest absolute Gasteiger partial charge is 0.335 e. The van der Waals surface area contributed by atoms with Crippen molar-refractivity contribution < 1.29 is 79.0 Å². The maximum Gasteiger partial charge on any atom is 0.335 e. The van der Waals surface area contributed by atoms with E-state index >= 15 is 0 Å². The van der Waals surface area contributed by atoms with Crippen molar-refractivity contribution >= 4 is 23.7 Å². The van der Waals surface area contributed by atoms with E-state index in [1.165, 1.54) is 0 Å². The predicted molar refractivity (Wildman–Crippen MR) is 199 cm³/mol. The van der Waals surface area contributed by atoms with Gasteiger partial charge in [-0.3, -0.25) is 9.59 Å². The highest BCUT2D eigenvalue weighted by Gasteiger charge is 2.71. The number of ether oxygens (including phenoxy) is 4. The van der Waals surface area contributed by atoms with Gasteiger partial charge in [-0.05, 0) is 110 Å². The Hall–Kier alpha value is -2.54. The standard InChI is InChI=1S/C42H62O16/c1-37(2)21-8-11-42(7)31(20(43)16-18-19-17-39(4,36(53)54)13-12-38(19,3)14-15-41(18,42)6)40(21,5)10-9-22(37)55-35-30(26(47)25(46)29(57-35)33(51)52)58-34-27(48)23(44)24(45)28(56-34)32(49)50/h16,19,21-31,34-35,44-48H,8-15,17H2,1-7H3,(H,49,50)(H,51,52)(H,53,54)/t19-,21-,22-,23-,24-,25-,26-,27+,28-,29-,30+,31+,34?,35-,38+,39-,40-,41+,42+/m0/s1. The number of carbonyl (C=O) groups excluding carboxylic acids is 1. The van der Waals surface area contributed by atoms with Crippen LogP contribution in [0.1, 0.15) is 106 Å². The third kappa shape index (κ3) is 6.25. The summed E-state index contributed by atoms with van der Waals surface area (Å²) in [5.41, 5.74) is -1.81. The van der Waals surface area contributed by atoms with Crippen LogP contribution in [0.4, 0.5) is 0 Å². The summed E-state index contributed by atoms with van der Waals surface area (Å²) in [4.78, 5) is 51.3. The highest BCUT2D eigenvalue weighted by Crippen LogP contribution is 2.75. The molecule has 5 aliphatic carbocycles. The number of ketones is 1. The number of aliphatic hydroxyl groups excluding tert-OH is 5. The Kier molecular flexibility index (Phi) is 10.7. The largest absolute Gasteiger partial charge is 0.481 e. The molecule has 16 heteroatoms. The van der Waals surface area contributed by atoms with Crippen LogP contribution in [0.15, 0.2) is 11.6 Å². The number of aliphatic carboxylic acids is 3. The molecule has 0 spiro atoms. The van der Waals surface area contributed by atoms with E-state index in [0.29, 0.717) is 25.7 Å². The Labute approximate surface area is 337 Å². The van der Waals surface area contributed by atoms with Gasteiger partial charge in [0.2, 0.25) is 0 Å². The normalized spacial score (nSPS) is 52.6. The lowest BCUT2D eigenvalue weighted by Crippen LogP contribution is -2.68. The molecule has 7 aliphatic rings. The highest BCUT2D eigenvalue weighted by molar-refractivity contribution is 5.95. The van der Waals surface area contributed by atoms with E-state index in [2.05, 4.69) is 27.7 Å². The van der Waals surface area contributed by atoms with Crippen LogP contribution in [0.3, 0.4) is 0 Å². The Balaban J connectivity index is 1.17. The van der Waals surface area contributed by atoms with Gasteiger partial charge in [0.05, 0.1) is 11.5 Å². The van der Waals surface area contributed by atoms with E-state index in [0.717, 1.165) is 37.7 Å². The summed E-state index contributed by atoms with van der Waals surface area (Å²) in [6.07, 6.45) is -12.2. The molecule has 2 aliphatic heterocycles. The molecule has 0 bridgehead atoms. The third-order valence-corrected chi connectivity index (χ3v) is 17.2. The van der Waals surface area contributed by atoms with Crippen LogP contribution in [-0.2, 0) is 38.1 Å².